The van der Waals surface area contributed by atoms with Gasteiger partial charge in [-0.25, -0.2) is 9.37 Å². The van der Waals surface area contributed by atoms with Crippen LogP contribution in [-0.4, -0.2) is 11.0 Å². The zero-order valence-electron chi connectivity index (χ0n) is 12.0. The molecular weight excluding hydrogens is 255 g/mol. The van der Waals surface area contributed by atoms with E-state index in [1.54, 1.807) is 18.3 Å². The third-order valence-corrected chi connectivity index (χ3v) is 2.83. The lowest BCUT2D eigenvalue weighted by molar-refractivity contribution is 0.456. The van der Waals surface area contributed by atoms with Gasteiger partial charge in [0, 0.05) is 24.3 Å². The predicted molar refractivity (Wildman–Crippen MR) is 77.4 cm³/mol. The molecule has 2 aromatic rings. The van der Waals surface area contributed by atoms with E-state index in [1.807, 2.05) is 13.0 Å². The Balaban J connectivity index is 2.07. The molecule has 0 radical (unpaired) electrons. The van der Waals surface area contributed by atoms with Crippen LogP contribution in [0.2, 0.25) is 0 Å². The van der Waals surface area contributed by atoms with Crippen LogP contribution in [0.1, 0.15) is 25.0 Å². The Morgan fingerprint density at radius 2 is 1.95 bits per heavy atom. The van der Waals surface area contributed by atoms with Crippen LogP contribution in [0, 0.1) is 12.7 Å². The van der Waals surface area contributed by atoms with Crippen molar-refractivity contribution >= 4 is 0 Å². The number of ether oxygens (including phenoxy) is 1. The van der Waals surface area contributed by atoms with Gasteiger partial charge < -0.3 is 10.1 Å². The fourth-order valence-electron chi connectivity index (χ4n) is 1.76. The molecule has 0 aliphatic carbocycles. The highest BCUT2D eigenvalue weighted by molar-refractivity contribution is 5.33. The van der Waals surface area contributed by atoms with Crippen molar-refractivity contribution in [2.75, 3.05) is 0 Å². The number of pyridine rings is 1. The van der Waals surface area contributed by atoms with Crippen molar-refractivity contribution < 1.29 is 9.13 Å². The Bertz CT molecular complexity index is 567. The van der Waals surface area contributed by atoms with Crippen molar-refractivity contribution in [2.24, 2.45) is 0 Å². The van der Waals surface area contributed by atoms with Crippen LogP contribution < -0.4 is 10.1 Å². The van der Waals surface area contributed by atoms with Crippen LogP contribution in [0.25, 0.3) is 0 Å². The maximum Gasteiger partial charge on any atom is 0.222 e. The molecule has 0 saturated heterocycles. The number of aryl methyl sites for hydroxylation is 1. The average Bonchev–Trinajstić information content (AvgIpc) is 2.41. The first-order chi connectivity index (χ1) is 9.54. The Kier molecular flexibility index (Phi) is 4.69. The van der Waals surface area contributed by atoms with Gasteiger partial charge in [0.2, 0.25) is 5.88 Å². The van der Waals surface area contributed by atoms with Crippen molar-refractivity contribution in [2.45, 2.75) is 33.4 Å². The normalized spacial score (nSPS) is 10.8. The van der Waals surface area contributed by atoms with Gasteiger partial charge in [-0.1, -0.05) is 13.8 Å². The van der Waals surface area contributed by atoms with E-state index in [4.69, 9.17) is 4.74 Å². The Labute approximate surface area is 118 Å². The summed E-state index contributed by atoms with van der Waals surface area (Å²) >= 11 is 0. The molecule has 0 fully saturated rings. The third-order valence-electron chi connectivity index (χ3n) is 2.83. The molecule has 3 nitrogen and oxygen atoms in total. The maximum atomic E-state index is 12.8. The quantitative estimate of drug-likeness (QED) is 0.900. The van der Waals surface area contributed by atoms with Crippen molar-refractivity contribution in [3.8, 4) is 11.6 Å². The number of nitrogens with one attached hydrogen (secondary N) is 1. The second kappa shape index (κ2) is 6.48. The molecule has 106 valence electrons. The highest BCUT2D eigenvalue weighted by atomic mass is 19.1. The lowest BCUT2D eigenvalue weighted by atomic mass is 10.2. The lowest BCUT2D eigenvalue weighted by Gasteiger charge is -2.11. The third kappa shape index (κ3) is 4.03. The molecule has 0 saturated carbocycles. The molecule has 1 aromatic carbocycles. The van der Waals surface area contributed by atoms with Gasteiger partial charge in [-0.05, 0) is 42.8 Å². The molecule has 2 rings (SSSR count). The minimum Gasteiger partial charge on any atom is -0.439 e. The first-order valence-electron chi connectivity index (χ1n) is 6.67. The molecule has 0 spiro atoms. The number of hydrogen-bond acceptors (Lipinski definition) is 3. The van der Waals surface area contributed by atoms with E-state index in [1.165, 1.54) is 12.1 Å². The van der Waals surface area contributed by atoms with E-state index < -0.39 is 0 Å². The Morgan fingerprint density at radius 1 is 1.25 bits per heavy atom. The number of aromatic nitrogens is 1. The van der Waals surface area contributed by atoms with Crippen molar-refractivity contribution in [3.05, 3.63) is 53.5 Å². The van der Waals surface area contributed by atoms with Crippen molar-refractivity contribution in [1.29, 1.82) is 0 Å². The fourth-order valence-corrected chi connectivity index (χ4v) is 1.76. The first-order valence-corrected chi connectivity index (χ1v) is 6.67. The Morgan fingerprint density at radius 3 is 2.55 bits per heavy atom. The predicted octanol–water partition coefficient (Wildman–Crippen LogP) is 3.82. The minimum atomic E-state index is -0.280. The van der Waals surface area contributed by atoms with E-state index in [2.05, 4.69) is 24.1 Å². The Hall–Kier alpha value is -1.94. The number of benzene rings is 1. The molecule has 0 atom stereocenters. The zero-order chi connectivity index (χ0) is 14.5. The first kappa shape index (κ1) is 14.5. The molecule has 0 aliphatic heterocycles. The van der Waals surface area contributed by atoms with E-state index in [-0.39, 0.29) is 5.82 Å². The molecule has 1 aromatic heterocycles. The SMILES string of the molecule is Cc1cc(CNC(C)C)cnc1Oc1ccc(F)cc1. The summed E-state index contributed by atoms with van der Waals surface area (Å²) in [6.07, 6.45) is 1.79. The number of nitrogens with zero attached hydrogens (tertiary/aromatic N) is 1. The van der Waals surface area contributed by atoms with Gasteiger partial charge in [0.05, 0.1) is 0 Å². The fraction of sp³-hybridized carbons (Fsp3) is 0.312. The van der Waals surface area contributed by atoms with E-state index in [9.17, 15) is 4.39 Å². The minimum absolute atomic E-state index is 0.280. The van der Waals surface area contributed by atoms with Gasteiger partial charge >= 0.3 is 0 Å². The van der Waals surface area contributed by atoms with Gasteiger partial charge in [-0.15, -0.1) is 0 Å². The molecule has 1 heterocycles. The number of rotatable bonds is 5. The smallest absolute Gasteiger partial charge is 0.222 e. The maximum absolute atomic E-state index is 12.8. The highest BCUT2D eigenvalue weighted by Crippen LogP contribution is 2.23. The van der Waals surface area contributed by atoms with Gasteiger partial charge in [-0.2, -0.15) is 0 Å². The molecule has 4 heteroatoms. The highest BCUT2D eigenvalue weighted by Gasteiger charge is 2.05. The topological polar surface area (TPSA) is 34.2 Å². The monoisotopic (exact) mass is 274 g/mol. The standard InChI is InChI=1S/C16H19FN2O/c1-11(2)18-9-13-8-12(3)16(19-10-13)20-15-6-4-14(17)5-7-15/h4-8,10-11,18H,9H2,1-3H3. The van der Waals surface area contributed by atoms with E-state index in [0.717, 1.165) is 17.7 Å². The second-order valence-corrected chi connectivity index (χ2v) is 5.06. The van der Waals surface area contributed by atoms with Crippen LogP contribution >= 0.6 is 0 Å². The van der Waals surface area contributed by atoms with Crippen LogP contribution in [0.5, 0.6) is 11.6 Å². The van der Waals surface area contributed by atoms with E-state index in [0.29, 0.717) is 17.7 Å². The summed E-state index contributed by atoms with van der Waals surface area (Å²) in [7, 11) is 0. The molecule has 1 N–H and O–H groups in total. The van der Waals surface area contributed by atoms with Gasteiger partial charge in [0.25, 0.3) is 0 Å². The molecule has 20 heavy (non-hydrogen) atoms. The molecule has 0 amide bonds. The summed E-state index contributed by atoms with van der Waals surface area (Å²) in [6, 6.07) is 8.39. The van der Waals surface area contributed by atoms with Crippen molar-refractivity contribution in [1.82, 2.24) is 10.3 Å². The summed E-state index contributed by atoms with van der Waals surface area (Å²) in [5.41, 5.74) is 2.07. The molecule has 0 unspecified atom stereocenters. The summed E-state index contributed by atoms with van der Waals surface area (Å²) in [6.45, 7) is 6.94. The largest absolute Gasteiger partial charge is 0.439 e. The summed E-state index contributed by atoms with van der Waals surface area (Å²) in [4.78, 5) is 4.32. The second-order valence-electron chi connectivity index (χ2n) is 5.06. The average molecular weight is 274 g/mol. The van der Waals surface area contributed by atoms with Gasteiger partial charge in [0.15, 0.2) is 0 Å². The van der Waals surface area contributed by atoms with E-state index >= 15 is 0 Å². The number of hydrogen-bond donors (Lipinski definition) is 1. The summed E-state index contributed by atoms with van der Waals surface area (Å²) in [5, 5.41) is 3.34. The van der Waals surface area contributed by atoms with Gasteiger partial charge in [-0.3, -0.25) is 0 Å². The molecule has 0 aliphatic rings. The molecule has 0 bridgehead atoms. The summed E-state index contributed by atoms with van der Waals surface area (Å²) in [5.74, 6) is 0.845. The van der Waals surface area contributed by atoms with Crippen LogP contribution in [-0.2, 0) is 6.54 Å². The number of halogens is 1. The molecular formula is C16H19FN2O. The van der Waals surface area contributed by atoms with Crippen LogP contribution in [0.4, 0.5) is 4.39 Å². The zero-order valence-corrected chi connectivity index (χ0v) is 12.0. The van der Waals surface area contributed by atoms with Crippen LogP contribution in [0.15, 0.2) is 36.5 Å². The summed E-state index contributed by atoms with van der Waals surface area (Å²) < 4.78 is 18.5. The van der Waals surface area contributed by atoms with Gasteiger partial charge in [0.1, 0.15) is 11.6 Å². The van der Waals surface area contributed by atoms with Crippen molar-refractivity contribution in [3.63, 3.8) is 0 Å². The van der Waals surface area contributed by atoms with Crippen LogP contribution in [0.3, 0.4) is 0 Å². The lowest BCUT2D eigenvalue weighted by Crippen LogP contribution is -2.21.